The highest BCUT2D eigenvalue weighted by molar-refractivity contribution is 6.37. The number of nitrogens with one attached hydrogen (secondary N) is 1. The van der Waals surface area contributed by atoms with Gasteiger partial charge >= 0.3 is 11.8 Å². The number of amides is 2. The van der Waals surface area contributed by atoms with Crippen molar-refractivity contribution in [3.63, 3.8) is 0 Å². The Morgan fingerprint density at radius 2 is 1.54 bits per heavy atom. The molecule has 0 saturated heterocycles. The summed E-state index contributed by atoms with van der Waals surface area (Å²) in [6, 6.07) is 11.6. The zero-order valence-corrected chi connectivity index (χ0v) is 19.6. The molecule has 154 valence electrons. The zero-order valence-electron chi connectivity index (χ0n) is 15.7. The largest absolute Gasteiger partial charge is 1.00 e. The second-order valence-corrected chi connectivity index (χ2v) is 8.19. The van der Waals surface area contributed by atoms with E-state index < -0.39 is 11.4 Å². The number of aryl methyl sites for hydroxylation is 1. The molecule has 2 rings (SSSR count). The van der Waals surface area contributed by atoms with E-state index in [-0.39, 0.29) is 46.3 Å². The Morgan fingerprint density at radius 3 is 2.00 bits per heavy atom. The molecule has 0 aliphatic rings. The number of halogens is 5. The summed E-state index contributed by atoms with van der Waals surface area (Å²) in [4.78, 5) is 25.9. The standard InChI is InChI=1S/C19H19Cl3N2O2.2ClH/c1-12-5-7-13(8-6-12)17(25)23(19(2,3)4)24(22)18(26)15-10-9-14(20)11-16(15)21;;/h5-11H,1-4H3;2*1H. The van der Waals surface area contributed by atoms with Crippen LogP contribution < -0.4 is 17.4 Å². The van der Waals surface area contributed by atoms with Crippen LogP contribution in [0.5, 0.6) is 0 Å². The highest BCUT2D eigenvalue weighted by Crippen LogP contribution is 2.22. The second-order valence-electron chi connectivity index (χ2n) is 7.00. The average molecular weight is 487 g/mol. The van der Waals surface area contributed by atoms with Crippen LogP contribution in [-0.4, -0.2) is 21.9 Å². The van der Waals surface area contributed by atoms with Crippen molar-refractivity contribution in [2.75, 3.05) is 0 Å². The molecule has 9 heteroatoms. The molecule has 0 saturated carbocycles. The minimum atomic E-state index is -0.668. The maximum atomic E-state index is 13.0. The van der Waals surface area contributed by atoms with Crippen molar-refractivity contribution in [1.82, 2.24) is 4.53 Å². The highest BCUT2D eigenvalue weighted by atomic mass is 35.5. The first-order valence-corrected chi connectivity index (χ1v) is 9.06. The first-order valence-electron chi connectivity index (χ1n) is 7.96. The fourth-order valence-electron chi connectivity index (χ4n) is 2.44. The number of hydrogen-bond donors (Lipinski definition) is 1. The topological polar surface area (TPSA) is 41.8 Å². The molecule has 1 N–H and O–H groups in total. The molecule has 0 heterocycles. The Hall–Kier alpha value is -1.01. The summed E-state index contributed by atoms with van der Waals surface area (Å²) < 4.78 is 0.858. The van der Waals surface area contributed by atoms with E-state index in [1.165, 1.54) is 12.1 Å². The van der Waals surface area contributed by atoms with Crippen molar-refractivity contribution in [3.8, 4) is 0 Å². The summed E-state index contributed by atoms with van der Waals surface area (Å²) >= 11 is 18.3. The van der Waals surface area contributed by atoms with E-state index in [9.17, 15) is 9.59 Å². The van der Waals surface area contributed by atoms with Crippen LogP contribution in [0.25, 0.3) is 0 Å². The van der Waals surface area contributed by atoms with Gasteiger partial charge in [-0.1, -0.05) is 45.4 Å². The number of carbonyl (C=O) groups excluding carboxylic acids is 2. The van der Waals surface area contributed by atoms with Crippen molar-refractivity contribution < 1.29 is 27.0 Å². The molecule has 28 heavy (non-hydrogen) atoms. The van der Waals surface area contributed by atoms with E-state index in [1.807, 2.05) is 39.8 Å². The Labute approximate surface area is 192 Å². The van der Waals surface area contributed by atoms with Crippen LogP contribution in [0.15, 0.2) is 42.5 Å². The monoisotopic (exact) mass is 484 g/mol. The summed E-state index contributed by atoms with van der Waals surface area (Å²) in [5.41, 5.74) is 0.995. The summed E-state index contributed by atoms with van der Waals surface area (Å²) in [6.07, 6.45) is 0. The molecule has 1 unspecified atom stereocenters. The van der Waals surface area contributed by atoms with Crippen LogP contribution in [0.2, 0.25) is 10.0 Å². The molecule has 2 aromatic carbocycles. The van der Waals surface area contributed by atoms with Gasteiger partial charge in [0, 0.05) is 5.02 Å². The summed E-state index contributed by atoms with van der Waals surface area (Å²) in [7, 11) is 0. The fourth-order valence-corrected chi connectivity index (χ4v) is 3.35. The summed E-state index contributed by atoms with van der Waals surface area (Å²) in [5, 5.41) is 0.742. The van der Waals surface area contributed by atoms with Crippen LogP contribution in [0.1, 0.15) is 47.1 Å². The van der Waals surface area contributed by atoms with Crippen molar-refractivity contribution in [1.29, 1.82) is 0 Å². The van der Waals surface area contributed by atoms with E-state index in [1.54, 1.807) is 18.2 Å². The van der Waals surface area contributed by atoms with E-state index in [0.717, 1.165) is 10.1 Å². The highest BCUT2D eigenvalue weighted by Gasteiger charge is 2.42. The van der Waals surface area contributed by atoms with Gasteiger partial charge in [0.05, 0.1) is 27.9 Å². The molecule has 4 nitrogen and oxygen atoms in total. The number of rotatable bonds is 2. The summed E-state index contributed by atoms with van der Waals surface area (Å²) in [6.45, 7) is 7.39. The number of nitrogens with zero attached hydrogens (tertiary/aromatic N) is 1. The maximum absolute atomic E-state index is 13.0. The van der Waals surface area contributed by atoms with Crippen LogP contribution in [0.4, 0.5) is 0 Å². The first-order chi connectivity index (χ1) is 12.0. The lowest BCUT2D eigenvalue weighted by atomic mass is 10.1. The van der Waals surface area contributed by atoms with Gasteiger partial charge in [-0.2, -0.15) is 0 Å². The van der Waals surface area contributed by atoms with Crippen LogP contribution in [0, 0.1) is 6.92 Å². The minimum absolute atomic E-state index is 0. The van der Waals surface area contributed by atoms with Crippen LogP contribution in [-0.2, 0) is 0 Å². The predicted octanol–water partition coefficient (Wildman–Crippen LogP) is 1.76. The summed E-state index contributed by atoms with van der Waals surface area (Å²) in [5.74, 6) is -0.898. The molecular formula is C19H21Cl5N2O2. The third kappa shape index (κ3) is 6.24. The molecule has 0 aromatic heterocycles. The number of benzene rings is 2. The van der Waals surface area contributed by atoms with Gasteiger partial charge in [-0.25, -0.2) is 4.79 Å². The second kappa shape index (κ2) is 10.7. The molecular weight excluding hydrogens is 465 g/mol. The smallest absolute Gasteiger partial charge is 0.370 e. The molecule has 0 radical (unpaired) electrons. The predicted molar refractivity (Wildman–Crippen MR) is 112 cm³/mol. The lowest BCUT2D eigenvalue weighted by Gasteiger charge is -2.33. The van der Waals surface area contributed by atoms with Gasteiger partial charge in [0.15, 0.2) is 0 Å². The van der Waals surface area contributed by atoms with E-state index in [2.05, 4.69) is 0 Å². The third-order valence-corrected chi connectivity index (χ3v) is 4.65. The SMILES string of the molecule is Cc1ccc(C(=O)[NH+](N(Cl)C(=O)c2ccc(Cl)cc2Cl)C(C)(C)C)cc1.Cl.[Cl-]. The van der Waals surface area contributed by atoms with Crippen molar-refractivity contribution in [3.05, 3.63) is 69.2 Å². The Kier molecular flexibility index (Phi) is 10.3. The lowest BCUT2D eigenvalue weighted by Crippen LogP contribution is -3.25. The van der Waals surface area contributed by atoms with Crippen molar-refractivity contribution in [2.24, 2.45) is 0 Å². The quantitative estimate of drug-likeness (QED) is 0.519. The van der Waals surface area contributed by atoms with Crippen molar-refractivity contribution >= 4 is 59.2 Å². The fraction of sp³-hybridized carbons (Fsp3) is 0.263. The number of carbonyl (C=O) groups is 2. The first kappa shape index (κ1) is 27.0. The molecule has 0 spiro atoms. The molecule has 1 atom stereocenters. The molecule has 0 fully saturated rings. The Balaban J connectivity index is 0.00000364. The van der Waals surface area contributed by atoms with Gasteiger partial charge in [0.1, 0.15) is 5.54 Å². The molecule has 0 aliphatic carbocycles. The van der Waals surface area contributed by atoms with Gasteiger partial charge in [0.25, 0.3) is 0 Å². The lowest BCUT2D eigenvalue weighted by molar-refractivity contribution is -0.951. The molecule has 2 amide bonds. The Morgan fingerprint density at radius 1 is 1.00 bits per heavy atom. The number of hydrogen-bond acceptors (Lipinski definition) is 2. The van der Waals surface area contributed by atoms with Gasteiger partial charge in [0.2, 0.25) is 0 Å². The Bertz CT molecular complexity index is 835. The molecule has 0 aliphatic heterocycles. The maximum Gasteiger partial charge on any atom is 0.370 e. The van der Waals surface area contributed by atoms with Crippen LogP contribution in [0.3, 0.4) is 0 Å². The van der Waals surface area contributed by atoms with Gasteiger partial charge in [-0.15, -0.1) is 17.4 Å². The minimum Gasteiger partial charge on any atom is -1.00 e. The van der Waals surface area contributed by atoms with Gasteiger partial charge < -0.3 is 12.4 Å². The van der Waals surface area contributed by atoms with Crippen LogP contribution >= 0.6 is 47.4 Å². The molecule has 2 aromatic rings. The average Bonchev–Trinajstić information content (AvgIpc) is 2.53. The van der Waals surface area contributed by atoms with Gasteiger partial charge in [-0.3, -0.25) is 4.79 Å². The van der Waals surface area contributed by atoms with E-state index in [0.29, 0.717) is 10.6 Å². The van der Waals surface area contributed by atoms with E-state index in [4.69, 9.17) is 35.0 Å². The van der Waals surface area contributed by atoms with Crippen molar-refractivity contribution in [2.45, 2.75) is 33.2 Å². The van der Waals surface area contributed by atoms with Gasteiger partial charge in [-0.05, 0) is 58.0 Å². The molecule has 0 bridgehead atoms. The zero-order chi connectivity index (χ0) is 19.6. The third-order valence-electron chi connectivity index (χ3n) is 3.78. The van der Waals surface area contributed by atoms with E-state index >= 15 is 0 Å². The normalized spacial score (nSPS) is 11.7. The number of quaternary nitrogens is 1.